The lowest BCUT2D eigenvalue weighted by Gasteiger charge is -2.00. The molecule has 78 valence electrons. The molecular formula is C10H11N3O2. The molecule has 0 aromatic carbocycles. The highest BCUT2D eigenvalue weighted by molar-refractivity contribution is 6.00. The van der Waals surface area contributed by atoms with Gasteiger partial charge in [-0.2, -0.15) is 5.10 Å². The molecule has 0 saturated carbocycles. The molecule has 0 spiro atoms. The first-order valence-corrected chi connectivity index (χ1v) is 4.56. The quantitative estimate of drug-likeness (QED) is 0.735. The predicted octanol–water partition coefficient (Wildman–Crippen LogP) is 0.186. The van der Waals surface area contributed by atoms with E-state index in [1.165, 1.54) is 0 Å². The van der Waals surface area contributed by atoms with Crippen molar-refractivity contribution in [3.63, 3.8) is 0 Å². The highest BCUT2D eigenvalue weighted by Crippen LogP contribution is 2.12. The fourth-order valence-electron chi connectivity index (χ4n) is 1.47. The van der Waals surface area contributed by atoms with E-state index in [2.05, 4.69) is 10.4 Å². The molecule has 2 N–H and O–H groups in total. The fourth-order valence-corrected chi connectivity index (χ4v) is 1.47. The zero-order valence-corrected chi connectivity index (χ0v) is 8.27. The summed E-state index contributed by atoms with van der Waals surface area (Å²) < 4.78 is 1.58. The third-order valence-corrected chi connectivity index (χ3v) is 2.19. The Morgan fingerprint density at radius 2 is 2.47 bits per heavy atom. The largest absolute Gasteiger partial charge is 0.390 e. The topological polar surface area (TPSA) is 66.6 Å². The van der Waals surface area contributed by atoms with Gasteiger partial charge in [-0.3, -0.25) is 4.79 Å². The van der Waals surface area contributed by atoms with Gasteiger partial charge in [0.15, 0.2) is 0 Å². The molecule has 2 aromatic heterocycles. The number of nitrogens with one attached hydrogen (secondary N) is 1. The average Bonchev–Trinajstić information content (AvgIpc) is 2.70. The van der Waals surface area contributed by atoms with Crippen LogP contribution in [0.4, 0.5) is 0 Å². The van der Waals surface area contributed by atoms with Gasteiger partial charge in [-0.15, -0.1) is 0 Å². The monoisotopic (exact) mass is 205 g/mol. The van der Waals surface area contributed by atoms with Crippen molar-refractivity contribution in [2.24, 2.45) is 0 Å². The molecule has 0 radical (unpaired) electrons. The predicted molar refractivity (Wildman–Crippen MR) is 54.5 cm³/mol. The second-order valence-electron chi connectivity index (χ2n) is 3.12. The Kier molecular flexibility index (Phi) is 2.39. The number of carbonyl (C=O) groups excluding carboxylic acids is 1. The van der Waals surface area contributed by atoms with Crippen LogP contribution in [-0.4, -0.2) is 27.7 Å². The van der Waals surface area contributed by atoms with Crippen molar-refractivity contribution in [1.82, 2.24) is 14.9 Å². The van der Waals surface area contributed by atoms with Crippen LogP contribution in [0.5, 0.6) is 0 Å². The van der Waals surface area contributed by atoms with Gasteiger partial charge < -0.3 is 10.4 Å². The van der Waals surface area contributed by atoms with Gasteiger partial charge in [0.05, 0.1) is 23.4 Å². The average molecular weight is 205 g/mol. The van der Waals surface area contributed by atoms with Crippen molar-refractivity contribution in [3.05, 3.63) is 35.7 Å². The zero-order chi connectivity index (χ0) is 10.8. The summed E-state index contributed by atoms with van der Waals surface area (Å²) in [6.07, 6.45) is 1.74. The smallest absolute Gasteiger partial charge is 0.253 e. The highest BCUT2D eigenvalue weighted by Gasteiger charge is 2.10. The van der Waals surface area contributed by atoms with E-state index >= 15 is 0 Å². The third-order valence-electron chi connectivity index (χ3n) is 2.19. The first-order valence-electron chi connectivity index (χ1n) is 4.56. The first-order chi connectivity index (χ1) is 7.26. The highest BCUT2D eigenvalue weighted by atomic mass is 16.3. The molecule has 1 amide bonds. The lowest BCUT2D eigenvalue weighted by Crippen LogP contribution is -2.18. The van der Waals surface area contributed by atoms with E-state index in [9.17, 15) is 4.79 Å². The van der Waals surface area contributed by atoms with Crippen LogP contribution in [0.2, 0.25) is 0 Å². The number of aromatic nitrogens is 2. The van der Waals surface area contributed by atoms with Gasteiger partial charge in [0.1, 0.15) is 0 Å². The zero-order valence-electron chi connectivity index (χ0n) is 8.27. The Morgan fingerprint density at radius 1 is 1.67 bits per heavy atom. The molecule has 0 saturated heterocycles. The molecule has 0 atom stereocenters. The molecule has 0 fully saturated rings. The Hall–Kier alpha value is -1.88. The molecule has 5 heteroatoms. The molecule has 15 heavy (non-hydrogen) atoms. The summed E-state index contributed by atoms with van der Waals surface area (Å²) >= 11 is 0. The van der Waals surface area contributed by atoms with Gasteiger partial charge >= 0.3 is 0 Å². The number of rotatable bonds is 2. The normalized spacial score (nSPS) is 10.5. The maximum atomic E-state index is 11.5. The Labute approximate surface area is 86.3 Å². The van der Waals surface area contributed by atoms with Crippen LogP contribution in [-0.2, 0) is 6.61 Å². The van der Waals surface area contributed by atoms with Crippen molar-refractivity contribution in [2.75, 3.05) is 7.05 Å². The summed E-state index contributed by atoms with van der Waals surface area (Å²) in [6.45, 7) is -0.130. The number of amides is 1. The maximum absolute atomic E-state index is 11.5. The minimum absolute atomic E-state index is 0.130. The maximum Gasteiger partial charge on any atom is 0.253 e. The van der Waals surface area contributed by atoms with Crippen LogP contribution < -0.4 is 5.32 Å². The summed E-state index contributed by atoms with van der Waals surface area (Å²) in [5, 5.41) is 15.6. The molecule has 2 aromatic rings. The van der Waals surface area contributed by atoms with Crippen LogP contribution in [0.25, 0.3) is 5.52 Å². The van der Waals surface area contributed by atoms with Crippen molar-refractivity contribution in [2.45, 2.75) is 6.61 Å². The van der Waals surface area contributed by atoms with E-state index in [0.717, 1.165) is 0 Å². The summed E-state index contributed by atoms with van der Waals surface area (Å²) in [5.74, 6) is -0.162. The van der Waals surface area contributed by atoms with Crippen LogP contribution in [0.3, 0.4) is 0 Å². The van der Waals surface area contributed by atoms with Crippen LogP contribution in [0.15, 0.2) is 24.4 Å². The van der Waals surface area contributed by atoms with Crippen molar-refractivity contribution in [1.29, 1.82) is 0 Å². The minimum atomic E-state index is -0.162. The van der Waals surface area contributed by atoms with E-state index in [1.807, 2.05) is 0 Å². The molecule has 0 bridgehead atoms. The molecule has 0 unspecified atom stereocenters. The lowest BCUT2D eigenvalue weighted by molar-refractivity contribution is 0.0964. The first kappa shape index (κ1) is 9.67. The molecule has 2 rings (SSSR count). The van der Waals surface area contributed by atoms with Crippen LogP contribution in [0, 0.1) is 0 Å². The lowest BCUT2D eigenvalue weighted by atomic mass is 10.2. The SMILES string of the molecule is CNC(=O)c1cccn2nc(CO)cc12. The second-order valence-corrected chi connectivity index (χ2v) is 3.12. The minimum Gasteiger partial charge on any atom is -0.390 e. The standard InChI is InChI=1S/C10H11N3O2/c1-11-10(15)8-3-2-4-13-9(8)5-7(6-14)12-13/h2-5,14H,6H2,1H3,(H,11,15). The number of pyridine rings is 1. The summed E-state index contributed by atoms with van der Waals surface area (Å²) in [6, 6.07) is 5.16. The van der Waals surface area contributed by atoms with Crippen molar-refractivity contribution in [3.8, 4) is 0 Å². The molecule has 0 aliphatic carbocycles. The van der Waals surface area contributed by atoms with Gasteiger partial charge in [-0.1, -0.05) is 0 Å². The Bertz CT molecular complexity index is 504. The number of hydrogen-bond acceptors (Lipinski definition) is 3. The summed E-state index contributed by atoms with van der Waals surface area (Å²) in [7, 11) is 1.58. The number of carbonyl (C=O) groups is 1. The van der Waals surface area contributed by atoms with E-state index in [4.69, 9.17) is 5.11 Å². The molecular weight excluding hydrogens is 194 g/mol. The Morgan fingerprint density at radius 3 is 3.13 bits per heavy atom. The van der Waals surface area contributed by atoms with Crippen LogP contribution in [0.1, 0.15) is 16.1 Å². The number of aliphatic hydroxyl groups excluding tert-OH is 1. The van der Waals surface area contributed by atoms with Gasteiger partial charge in [-0.05, 0) is 18.2 Å². The summed E-state index contributed by atoms with van der Waals surface area (Å²) in [4.78, 5) is 11.5. The van der Waals surface area contributed by atoms with Crippen LogP contribution >= 0.6 is 0 Å². The van der Waals surface area contributed by atoms with E-state index in [1.54, 1.807) is 36.0 Å². The fraction of sp³-hybridized carbons (Fsp3) is 0.200. The van der Waals surface area contributed by atoms with Gasteiger partial charge in [0.25, 0.3) is 5.91 Å². The molecule has 0 aliphatic rings. The number of aliphatic hydroxyl groups is 1. The van der Waals surface area contributed by atoms with E-state index in [-0.39, 0.29) is 12.5 Å². The summed E-state index contributed by atoms with van der Waals surface area (Å²) in [5.41, 5.74) is 1.79. The Balaban J connectivity index is 2.64. The number of hydrogen-bond donors (Lipinski definition) is 2. The van der Waals surface area contributed by atoms with Crippen molar-refractivity contribution >= 4 is 11.4 Å². The third kappa shape index (κ3) is 1.57. The molecule has 5 nitrogen and oxygen atoms in total. The van der Waals surface area contributed by atoms with Crippen molar-refractivity contribution < 1.29 is 9.90 Å². The van der Waals surface area contributed by atoms with Gasteiger partial charge in [0, 0.05) is 13.2 Å². The van der Waals surface area contributed by atoms with E-state index < -0.39 is 0 Å². The second kappa shape index (κ2) is 3.70. The number of nitrogens with zero attached hydrogens (tertiary/aromatic N) is 2. The number of fused-ring (bicyclic) bond motifs is 1. The molecule has 0 aliphatic heterocycles. The van der Waals surface area contributed by atoms with E-state index in [0.29, 0.717) is 16.8 Å². The van der Waals surface area contributed by atoms with Gasteiger partial charge in [-0.25, -0.2) is 4.52 Å². The molecule has 2 heterocycles. The van der Waals surface area contributed by atoms with Gasteiger partial charge in [0.2, 0.25) is 0 Å².